The zero-order valence-electron chi connectivity index (χ0n) is 28.0. The van der Waals surface area contributed by atoms with Crippen LogP contribution in [0, 0.1) is 11.8 Å². The van der Waals surface area contributed by atoms with Gasteiger partial charge in [0.15, 0.2) is 5.60 Å². The number of aliphatic hydroxyl groups is 2. The van der Waals surface area contributed by atoms with Crippen LogP contribution in [0.4, 0.5) is 17.1 Å². The molecule has 2 fully saturated rings. The van der Waals surface area contributed by atoms with Crippen molar-refractivity contribution in [3.8, 4) is 0 Å². The van der Waals surface area contributed by atoms with Gasteiger partial charge in [-0.15, -0.1) is 0 Å². The molecule has 2 N–H and O–H groups in total. The number of likely N-dealkylation sites (tertiary alicyclic amines) is 1. The summed E-state index contributed by atoms with van der Waals surface area (Å²) in [4.78, 5) is 47.0. The van der Waals surface area contributed by atoms with E-state index in [2.05, 4.69) is 0 Å². The van der Waals surface area contributed by atoms with E-state index >= 15 is 0 Å². The summed E-state index contributed by atoms with van der Waals surface area (Å²) in [6.07, 6.45) is 0.895. The van der Waals surface area contributed by atoms with Crippen molar-refractivity contribution in [2.45, 2.75) is 69.9 Å². The number of carbonyl (C=O) groups excluding carboxylic acids is 3. The lowest BCUT2D eigenvalue weighted by Crippen LogP contribution is -2.46. The molecule has 0 aliphatic carbocycles. The average molecular weight is 660 g/mol. The Bertz CT molecular complexity index is 1980. The zero-order chi connectivity index (χ0) is 34.2. The van der Waals surface area contributed by atoms with Crippen LogP contribution in [0.15, 0.2) is 84.9 Å². The number of anilines is 3. The Morgan fingerprint density at radius 3 is 2.41 bits per heavy atom. The van der Waals surface area contributed by atoms with Gasteiger partial charge in [-0.1, -0.05) is 61.5 Å². The molecule has 0 radical (unpaired) electrons. The Labute approximate surface area is 285 Å². The van der Waals surface area contributed by atoms with Crippen molar-refractivity contribution >= 4 is 45.6 Å². The van der Waals surface area contributed by atoms with Crippen LogP contribution in [0.3, 0.4) is 0 Å². The number of benzene rings is 4. The summed E-state index contributed by atoms with van der Waals surface area (Å²) >= 11 is 0. The first kappa shape index (κ1) is 31.7. The monoisotopic (exact) mass is 659 g/mol. The maximum Gasteiger partial charge on any atom is 0.264 e. The zero-order valence-corrected chi connectivity index (χ0v) is 28.0. The molecule has 2 saturated heterocycles. The number of aliphatic hydroxyl groups excluding tert-OH is 1. The van der Waals surface area contributed by atoms with Gasteiger partial charge in [-0.05, 0) is 68.0 Å². The Hall–Kier alpha value is -4.57. The second-order valence-corrected chi connectivity index (χ2v) is 14.5. The number of nitrogens with zero attached hydrogens (tertiary/aromatic N) is 3. The number of fused-ring (bicyclic) bond motifs is 2. The van der Waals surface area contributed by atoms with E-state index < -0.39 is 29.1 Å². The fourth-order valence-corrected chi connectivity index (χ4v) is 9.14. The van der Waals surface area contributed by atoms with Crippen LogP contribution in [-0.4, -0.2) is 63.7 Å². The Morgan fingerprint density at radius 2 is 1.67 bits per heavy atom. The number of hydrogen-bond acceptors (Lipinski definition) is 6. The van der Waals surface area contributed by atoms with Crippen molar-refractivity contribution in [3.63, 3.8) is 0 Å². The topological polar surface area (TPSA) is 111 Å². The van der Waals surface area contributed by atoms with E-state index in [1.807, 2.05) is 91.9 Å². The van der Waals surface area contributed by atoms with Crippen LogP contribution in [0.25, 0.3) is 10.8 Å². The maximum atomic E-state index is 14.7. The number of ether oxygens (including phenoxy) is 1. The number of carbonyl (C=O) groups is 3. The van der Waals surface area contributed by atoms with Gasteiger partial charge in [-0.25, -0.2) is 0 Å². The molecular formula is C40H41N3O6. The molecule has 0 saturated carbocycles. The highest BCUT2D eigenvalue weighted by Gasteiger charge is 2.66. The summed E-state index contributed by atoms with van der Waals surface area (Å²) in [5, 5.41) is 23.3. The summed E-state index contributed by atoms with van der Waals surface area (Å²) in [6, 6.07) is 26.8. The molecule has 0 aromatic heterocycles. The van der Waals surface area contributed by atoms with Crippen molar-refractivity contribution in [2.24, 2.45) is 11.8 Å². The normalized spacial score (nSPS) is 26.1. The summed E-state index contributed by atoms with van der Waals surface area (Å²) in [6.45, 7) is 6.14. The van der Waals surface area contributed by atoms with Gasteiger partial charge in [0.25, 0.3) is 11.8 Å². The van der Waals surface area contributed by atoms with Gasteiger partial charge in [0.05, 0.1) is 54.3 Å². The van der Waals surface area contributed by atoms with Gasteiger partial charge < -0.3 is 24.7 Å². The third kappa shape index (κ3) is 4.74. The smallest absolute Gasteiger partial charge is 0.264 e. The van der Waals surface area contributed by atoms with Crippen LogP contribution in [0.1, 0.15) is 61.5 Å². The van der Waals surface area contributed by atoms with Crippen LogP contribution in [0.5, 0.6) is 0 Å². The van der Waals surface area contributed by atoms with E-state index in [1.165, 1.54) is 0 Å². The van der Waals surface area contributed by atoms with Crippen molar-refractivity contribution in [1.29, 1.82) is 0 Å². The maximum absolute atomic E-state index is 14.7. The third-order valence-electron chi connectivity index (χ3n) is 11.3. The van der Waals surface area contributed by atoms with E-state index in [0.717, 1.165) is 51.8 Å². The first-order valence-corrected chi connectivity index (χ1v) is 17.2. The minimum absolute atomic E-state index is 0.0148. The summed E-state index contributed by atoms with van der Waals surface area (Å²) in [7, 11) is 0. The molecule has 0 unspecified atom stereocenters. The highest BCUT2D eigenvalue weighted by Crippen LogP contribution is 2.58. The molecule has 4 heterocycles. The number of amides is 3. The molecule has 3 amide bonds. The van der Waals surface area contributed by atoms with Crippen molar-refractivity contribution < 1.29 is 29.3 Å². The third-order valence-corrected chi connectivity index (χ3v) is 11.3. The second kappa shape index (κ2) is 11.5. The van der Waals surface area contributed by atoms with Gasteiger partial charge in [0, 0.05) is 35.0 Å². The molecule has 4 aliphatic heterocycles. The van der Waals surface area contributed by atoms with Crippen molar-refractivity contribution in [1.82, 2.24) is 4.90 Å². The number of hydrogen-bond donors (Lipinski definition) is 2. The molecule has 4 aromatic rings. The summed E-state index contributed by atoms with van der Waals surface area (Å²) < 4.78 is 6.82. The molecule has 1 spiro atoms. The summed E-state index contributed by atoms with van der Waals surface area (Å²) in [5.74, 6) is -1.37. The van der Waals surface area contributed by atoms with Crippen molar-refractivity contribution in [2.75, 3.05) is 23.0 Å². The van der Waals surface area contributed by atoms with Gasteiger partial charge in [0.2, 0.25) is 5.91 Å². The molecule has 9 heteroatoms. The Morgan fingerprint density at radius 1 is 0.959 bits per heavy atom. The average Bonchev–Trinajstić information content (AvgIpc) is 3.82. The van der Waals surface area contributed by atoms with E-state index in [9.17, 15) is 24.6 Å². The quantitative estimate of drug-likeness (QED) is 0.265. The highest BCUT2D eigenvalue weighted by molar-refractivity contribution is 6.27. The SMILES string of the molecule is C[C@H]1[C@H](C(C)(C)O)[C@@H](CC(=O)N2CCC[C@H]2CO)O[C@]12C(=O)N(Cc1ccc(N3C(=O)c4cccc5cccc3c45)cc1)c1ccccc12. The molecule has 0 bridgehead atoms. The molecule has 49 heavy (non-hydrogen) atoms. The fourth-order valence-electron chi connectivity index (χ4n) is 9.14. The Balaban J connectivity index is 1.09. The first-order chi connectivity index (χ1) is 23.5. The van der Waals surface area contributed by atoms with Crippen LogP contribution < -0.4 is 9.80 Å². The van der Waals surface area contributed by atoms with E-state index in [0.29, 0.717) is 12.1 Å². The van der Waals surface area contributed by atoms with E-state index in [4.69, 9.17) is 4.74 Å². The van der Waals surface area contributed by atoms with Crippen molar-refractivity contribution in [3.05, 3.63) is 102 Å². The van der Waals surface area contributed by atoms with Crippen LogP contribution in [-0.2, 0) is 26.5 Å². The van der Waals surface area contributed by atoms with E-state index in [-0.39, 0.29) is 43.3 Å². The minimum atomic E-state index is -1.38. The fraction of sp³-hybridized carbons (Fsp3) is 0.375. The highest BCUT2D eigenvalue weighted by atomic mass is 16.5. The molecule has 252 valence electrons. The molecule has 4 aromatic carbocycles. The largest absolute Gasteiger partial charge is 0.394 e. The predicted octanol–water partition coefficient (Wildman–Crippen LogP) is 5.67. The Kier molecular flexibility index (Phi) is 7.44. The molecular weight excluding hydrogens is 618 g/mol. The van der Waals surface area contributed by atoms with Gasteiger partial charge in [-0.3, -0.25) is 19.3 Å². The van der Waals surface area contributed by atoms with Gasteiger partial charge in [-0.2, -0.15) is 0 Å². The number of rotatable bonds is 7. The lowest BCUT2D eigenvalue weighted by atomic mass is 9.71. The molecule has 9 nitrogen and oxygen atoms in total. The van der Waals surface area contributed by atoms with E-state index in [1.54, 1.807) is 28.5 Å². The lowest BCUT2D eigenvalue weighted by Gasteiger charge is -2.34. The first-order valence-electron chi connectivity index (χ1n) is 17.2. The molecule has 5 atom stereocenters. The summed E-state index contributed by atoms with van der Waals surface area (Å²) in [5.41, 5.74) is 2.03. The van der Waals surface area contributed by atoms with Crippen LogP contribution in [0.2, 0.25) is 0 Å². The minimum Gasteiger partial charge on any atom is -0.394 e. The van der Waals surface area contributed by atoms with Gasteiger partial charge >= 0.3 is 0 Å². The molecule has 4 aliphatic rings. The van der Waals surface area contributed by atoms with Crippen LogP contribution >= 0.6 is 0 Å². The molecule has 8 rings (SSSR count). The van der Waals surface area contributed by atoms with Gasteiger partial charge in [0.1, 0.15) is 0 Å². The number of para-hydroxylation sites is 1. The second-order valence-electron chi connectivity index (χ2n) is 14.5. The predicted molar refractivity (Wildman–Crippen MR) is 186 cm³/mol. The lowest BCUT2D eigenvalue weighted by molar-refractivity contribution is -0.150. The standard InChI is InChI=1S/C40H41N3O6/c1-24-36(39(2,3)48)33(21-34(45)41-20-8-11-28(41)23-44)49-40(24)30-13-4-5-14-31(30)42(38(40)47)22-25-16-18-27(19-17-25)43-32-15-7-10-26-9-6-12-29(35(26)32)37(43)46/h4-7,9-10,12-19,24,28,33,36,44,48H,8,11,20-23H2,1-3H3/t24-,28-,33+,36-,40+/m0/s1.